The molecular formula is C20H24N4O5. The number of fused-ring (bicyclic) bond motifs is 1. The zero-order chi connectivity index (χ0) is 20.5. The lowest BCUT2D eigenvalue weighted by Crippen LogP contribution is -2.54. The van der Waals surface area contributed by atoms with Gasteiger partial charge < -0.3 is 10.4 Å². The van der Waals surface area contributed by atoms with Crippen LogP contribution < -0.4 is 10.6 Å². The number of rotatable bonds is 6. The van der Waals surface area contributed by atoms with E-state index in [2.05, 4.69) is 15.5 Å². The number of likely N-dealkylation sites (tertiary alicyclic amines) is 1. The molecule has 3 aliphatic heterocycles. The predicted molar refractivity (Wildman–Crippen MR) is 102 cm³/mol. The molecule has 3 heterocycles. The number of piperidine rings is 1. The fourth-order valence-electron chi connectivity index (χ4n) is 4.37. The van der Waals surface area contributed by atoms with Gasteiger partial charge in [-0.1, -0.05) is 12.1 Å². The summed E-state index contributed by atoms with van der Waals surface area (Å²) in [6.07, 6.45) is 1.20. The summed E-state index contributed by atoms with van der Waals surface area (Å²) >= 11 is 0. The van der Waals surface area contributed by atoms with E-state index in [0.29, 0.717) is 24.2 Å². The van der Waals surface area contributed by atoms with Crippen molar-refractivity contribution in [2.75, 3.05) is 26.2 Å². The van der Waals surface area contributed by atoms with Gasteiger partial charge in [0.15, 0.2) is 0 Å². The molecule has 4 amide bonds. The first-order valence-electron chi connectivity index (χ1n) is 9.89. The molecule has 1 aromatic rings. The van der Waals surface area contributed by atoms with Crippen molar-refractivity contribution in [2.24, 2.45) is 0 Å². The highest BCUT2D eigenvalue weighted by Crippen LogP contribution is 2.31. The van der Waals surface area contributed by atoms with Gasteiger partial charge in [0.1, 0.15) is 6.04 Å². The lowest BCUT2D eigenvalue weighted by atomic mass is 10.0. The maximum Gasteiger partial charge on any atom is 0.262 e. The van der Waals surface area contributed by atoms with Gasteiger partial charge in [-0.05, 0) is 24.5 Å². The molecule has 154 valence electrons. The summed E-state index contributed by atoms with van der Waals surface area (Å²) in [6, 6.07) is 4.54. The summed E-state index contributed by atoms with van der Waals surface area (Å²) in [7, 11) is 0. The van der Waals surface area contributed by atoms with Gasteiger partial charge in [0.25, 0.3) is 11.8 Å². The number of carbonyl (C=O) groups excluding carboxylic acids is 4. The first-order valence-corrected chi connectivity index (χ1v) is 9.89. The van der Waals surface area contributed by atoms with Crippen LogP contribution in [0.25, 0.3) is 0 Å². The molecule has 2 fully saturated rings. The van der Waals surface area contributed by atoms with Crippen molar-refractivity contribution >= 4 is 23.6 Å². The summed E-state index contributed by atoms with van der Waals surface area (Å²) in [5, 5.41) is 14.4. The first-order chi connectivity index (χ1) is 14.0. The Kier molecular flexibility index (Phi) is 5.44. The van der Waals surface area contributed by atoms with E-state index in [9.17, 15) is 19.2 Å². The molecule has 3 N–H and O–H groups in total. The van der Waals surface area contributed by atoms with Gasteiger partial charge in [-0.2, -0.15) is 0 Å². The zero-order valence-corrected chi connectivity index (χ0v) is 16.0. The molecule has 3 aliphatic rings. The smallest absolute Gasteiger partial charge is 0.262 e. The van der Waals surface area contributed by atoms with Crippen molar-refractivity contribution in [3.8, 4) is 0 Å². The highest BCUT2D eigenvalue weighted by Gasteiger charge is 2.45. The molecule has 4 rings (SSSR count). The summed E-state index contributed by atoms with van der Waals surface area (Å²) < 4.78 is 0. The number of aliphatic hydroxyl groups is 1. The van der Waals surface area contributed by atoms with Crippen LogP contribution in [0.5, 0.6) is 0 Å². The summed E-state index contributed by atoms with van der Waals surface area (Å²) in [6.45, 7) is 2.82. The van der Waals surface area contributed by atoms with Gasteiger partial charge in [0.05, 0.1) is 17.7 Å². The van der Waals surface area contributed by atoms with Gasteiger partial charge in [-0.15, -0.1) is 0 Å². The van der Waals surface area contributed by atoms with E-state index >= 15 is 0 Å². The van der Waals surface area contributed by atoms with Crippen molar-refractivity contribution in [3.63, 3.8) is 0 Å². The van der Waals surface area contributed by atoms with Gasteiger partial charge in [-0.3, -0.25) is 34.3 Å². The Bertz CT molecular complexity index is 870. The predicted octanol–water partition coefficient (Wildman–Crippen LogP) is -0.756. The fourth-order valence-corrected chi connectivity index (χ4v) is 4.37. The molecule has 0 bridgehead atoms. The Labute approximate surface area is 168 Å². The van der Waals surface area contributed by atoms with Crippen LogP contribution in [-0.4, -0.2) is 76.9 Å². The molecule has 2 saturated heterocycles. The second-order valence-electron chi connectivity index (χ2n) is 7.69. The van der Waals surface area contributed by atoms with Crippen molar-refractivity contribution < 1.29 is 24.3 Å². The first kappa shape index (κ1) is 19.7. The van der Waals surface area contributed by atoms with Gasteiger partial charge >= 0.3 is 0 Å². The van der Waals surface area contributed by atoms with Crippen molar-refractivity contribution in [3.05, 3.63) is 34.9 Å². The van der Waals surface area contributed by atoms with Crippen molar-refractivity contribution in [2.45, 2.75) is 37.9 Å². The van der Waals surface area contributed by atoms with Crippen LogP contribution in [0.3, 0.4) is 0 Å². The van der Waals surface area contributed by atoms with Crippen LogP contribution in [0.2, 0.25) is 0 Å². The zero-order valence-electron chi connectivity index (χ0n) is 16.0. The number of aliphatic hydroxyl groups excluding tert-OH is 1. The third-order valence-corrected chi connectivity index (χ3v) is 5.77. The second kappa shape index (κ2) is 8.02. The maximum absolute atomic E-state index is 13.1. The molecule has 1 aromatic carbocycles. The summed E-state index contributed by atoms with van der Waals surface area (Å²) in [5.74, 6) is -1.94. The molecule has 0 aliphatic carbocycles. The minimum Gasteiger partial charge on any atom is -0.395 e. The average Bonchev–Trinajstić information content (AvgIpc) is 3.24. The maximum atomic E-state index is 13.1. The van der Waals surface area contributed by atoms with Crippen LogP contribution in [-0.2, 0) is 16.1 Å². The molecule has 2 unspecified atom stereocenters. The number of hydrogen-bond acceptors (Lipinski definition) is 7. The van der Waals surface area contributed by atoms with Crippen LogP contribution >= 0.6 is 0 Å². The molecule has 0 radical (unpaired) electrons. The number of nitrogens with one attached hydrogen (secondary N) is 2. The average molecular weight is 400 g/mol. The molecule has 0 saturated carbocycles. The number of hydrogen-bond donors (Lipinski definition) is 3. The fraction of sp³-hybridized carbons (Fsp3) is 0.500. The Morgan fingerprint density at radius 1 is 1.14 bits per heavy atom. The minimum absolute atomic E-state index is 0.0927. The van der Waals surface area contributed by atoms with E-state index in [1.165, 1.54) is 0 Å². The topological polar surface area (TPSA) is 119 Å². The molecule has 0 aromatic heterocycles. The molecule has 9 nitrogen and oxygen atoms in total. The second-order valence-corrected chi connectivity index (χ2v) is 7.69. The highest BCUT2D eigenvalue weighted by atomic mass is 16.3. The van der Waals surface area contributed by atoms with Crippen molar-refractivity contribution in [1.82, 2.24) is 20.4 Å². The third kappa shape index (κ3) is 3.68. The normalized spacial score (nSPS) is 24.9. The highest BCUT2D eigenvalue weighted by molar-refractivity contribution is 6.24. The van der Waals surface area contributed by atoms with Crippen LogP contribution in [0, 0.1) is 0 Å². The van der Waals surface area contributed by atoms with E-state index in [-0.39, 0.29) is 31.4 Å². The monoisotopic (exact) mass is 400 g/mol. The lowest BCUT2D eigenvalue weighted by molar-refractivity contribution is -0.136. The van der Waals surface area contributed by atoms with E-state index in [1.54, 1.807) is 12.1 Å². The van der Waals surface area contributed by atoms with Crippen LogP contribution in [0.1, 0.15) is 45.5 Å². The molecule has 0 spiro atoms. The van der Waals surface area contributed by atoms with Gasteiger partial charge in [0, 0.05) is 38.6 Å². The van der Waals surface area contributed by atoms with Crippen LogP contribution in [0.15, 0.2) is 18.2 Å². The molecule has 2 atom stereocenters. The van der Waals surface area contributed by atoms with E-state index < -0.39 is 23.8 Å². The number of carbonyl (C=O) groups is 4. The molecule has 9 heteroatoms. The van der Waals surface area contributed by atoms with Crippen LogP contribution in [0.4, 0.5) is 0 Å². The Morgan fingerprint density at radius 3 is 2.72 bits per heavy atom. The Balaban J connectivity index is 1.52. The van der Waals surface area contributed by atoms with Gasteiger partial charge in [-0.25, -0.2) is 0 Å². The quantitative estimate of drug-likeness (QED) is 0.537. The Hall–Kier alpha value is -2.62. The standard InChI is InChI=1S/C20H24N4O5/c25-9-7-21-13-6-8-23(11-13)10-12-2-1-3-14-17(12)20(29)24(19(14)28)15-4-5-16(26)22-18(15)27/h1-3,13,15,21,25H,4-11H2,(H,22,26,27). The number of imide groups is 2. The van der Waals surface area contributed by atoms with E-state index in [1.807, 2.05) is 6.07 Å². The van der Waals surface area contributed by atoms with E-state index in [4.69, 9.17) is 5.11 Å². The van der Waals surface area contributed by atoms with Gasteiger partial charge in [0.2, 0.25) is 11.8 Å². The third-order valence-electron chi connectivity index (χ3n) is 5.77. The summed E-state index contributed by atoms with van der Waals surface area (Å²) in [4.78, 5) is 52.8. The minimum atomic E-state index is -0.952. The lowest BCUT2D eigenvalue weighted by Gasteiger charge is -2.28. The summed E-state index contributed by atoms with van der Waals surface area (Å²) in [5.41, 5.74) is 1.43. The SMILES string of the molecule is O=C1CCC(N2C(=O)c3cccc(CN4CCC(NCCO)C4)c3C2=O)C(=O)N1. The molecular weight excluding hydrogens is 376 g/mol. The molecule has 29 heavy (non-hydrogen) atoms. The largest absolute Gasteiger partial charge is 0.395 e. The Morgan fingerprint density at radius 2 is 1.97 bits per heavy atom. The van der Waals surface area contributed by atoms with E-state index in [0.717, 1.165) is 30.0 Å². The number of nitrogens with zero attached hydrogens (tertiary/aromatic N) is 2. The number of amides is 4. The number of benzene rings is 1. The van der Waals surface area contributed by atoms with Crippen molar-refractivity contribution in [1.29, 1.82) is 0 Å².